The lowest BCUT2D eigenvalue weighted by atomic mass is 10.1. The van der Waals surface area contributed by atoms with Crippen LogP contribution in [0.5, 0.6) is 11.5 Å². The van der Waals surface area contributed by atoms with Crippen LogP contribution in [0, 0.1) is 12.8 Å². The van der Waals surface area contributed by atoms with Gasteiger partial charge in [-0.15, -0.1) is 23.7 Å². The van der Waals surface area contributed by atoms with Crippen molar-refractivity contribution in [1.82, 2.24) is 24.9 Å². The van der Waals surface area contributed by atoms with Crippen molar-refractivity contribution >= 4 is 62.4 Å². The first-order valence-corrected chi connectivity index (χ1v) is 21.1. The Morgan fingerprint density at radius 2 is 1.89 bits per heavy atom. The smallest absolute Gasteiger partial charge is 0.259 e. The van der Waals surface area contributed by atoms with E-state index < -0.39 is 50.8 Å². The van der Waals surface area contributed by atoms with Crippen molar-refractivity contribution in [3.63, 3.8) is 0 Å². The fourth-order valence-electron chi connectivity index (χ4n) is 7.70. The third-order valence-electron chi connectivity index (χ3n) is 11.3. The molecule has 0 spiro atoms. The van der Waals surface area contributed by atoms with Gasteiger partial charge >= 0.3 is 0 Å². The number of fused-ring (bicyclic) bond motifs is 3. The topological polar surface area (TPSA) is 183 Å². The predicted molar refractivity (Wildman–Crippen MR) is 207 cm³/mol. The number of amides is 3. The van der Waals surface area contributed by atoms with Gasteiger partial charge in [0, 0.05) is 40.7 Å². The first-order valence-electron chi connectivity index (χ1n) is 18.7. The van der Waals surface area contributed by atoms with Crippen LogP contribution in [0.2, 0.25) is 0 Å². The number of hydrogen-bond acceptors (Lipinski definition) is 11. The summed E-state index contributed by atoms with van der Waals surface area (Å²) in [4.78, 5) is 53.3. The highest BCUT2D eigenvalue weighted by atomic mass is 35.5. The highest BCUT2D eigenvalue weighted by molar-refractivity contribution is 7.91. The maximum atomic E-state index is 14.3. The zero-order chi connectivity index (χ0) is 37.1. The van der Waals surface area contributed by atoms with Gasteiger partial charge in [-0.1, -0.05) is 25.0 Å². The van der Waals surface area contributed by atoms with Crippen LogP contribution >= 0.6 is 23.7 Å². The van der Waals surface area contributed by atoms with E-state index in [0.29, 0.717) is 47.9 Å². The number of aromatic nitrogens is 2. The number of allylic oxidation sites excluding steroid dienone is 1. The van der Waals surface area contributed by atoms with Crippen LogP contribution in [0.1, 0.15) is 87.8 Å². The summed E-state index contributed by atoms with van der Waals surface area (Å²) in [7, 11) is -2.23. The van der Waals surface area contributed by atoms with E-state index in [4.69, 9.17) is 25.2 Å². The minimum absolute atomic E-state index is 0. The van der Waals surface area contributed by atoms with Crippen LogP contribution in [0.4, 0.5) is 0 Å². The lowest BCUT2D eigenvalue weighted by molar-refractivity contribution is -0.140. The fraction of sp³-hybridized carbons (Fsp3) is 0.553. The number of ether oxygens (including phenoxy) is 2. The van der Waals surface area contributed by atoms with Gasteiger partial charge in [0.15, 0.2) is 0 Å². The average molecular weight is 799 g/mol. The Balaban J connectivity index is 0.00000450. The molecule has 2 aliphatic heterocycles. The van der Waals surface area contributed by atoms with Crippen LogP contribution in [0.25, 0.3) is 21.6 Å². The van der Waals surface area contributed by atoms with Crippen molar-refractivity contribution < 1.29 is 32.3 Å². The summed E-state index contributed by atoms with van der Waals surface area (Å²) in [6, 6.07) is 3.82. The maximum Gasteiger partial charge on any atom is 0.259 e. The number of carbonyl (C=O) groups excluding carboxylic acids is 3. The molecule has 2 unspecified atom stereocenters. The van der Waals surface area contributed by atoms with E-state index in [1.54, 1.807) is 7.11 Å². The molecule has 290 valence electrons. The molecule has 0 bridgehead atoms. The van der Waals surface area contributed by atoms with E-state index in [0.717, 1.165) is 60.2 Å². The maximum absolute atomic E-state index is 14.3. The number of nitrogens with two attached hydrogens (primary N) is 1. The summed E-state index contributed by atoms with van der Waals surface area (Å²) in [6.07, 6.45) is 10.7. The van der Waals surface area contributed by atoms with Gasteiger partial charge in [0.1, 0.15) is 39.9 Å². The third-order valence-corrected chi connectivity index (χ3v) is 14.0. The number of thiazole rings is 1. The molecule has 3 aromatic rings. The monoisotopic (exact) mass is 798 g/mol. The average Bonchev–Trinajstić information content (AvgIpc) is 4.09. The van der Waals surface area contributed by atoms with E-state index in [2.05, 4.69) is 15.4 Å². The molecular weight excluding hydrogens is 752 g/mol. The fourth-order valence-corrected chi connectivity index (χ4v) is 9.92. The summed E-state index contributed by atoms with van der Waals surface area (Å²) in [6.45, 7) is 2.04. The normalized spacial score (nSPS) is 28.1. The number of methoxy groups -OCH3 is 1. The van der Waals surface area contributed by atoms with Gasteiger partial charge in [-0.05, 0) is 70.4 Å². The molecule has 54 heavy (non-hydrogen) atoms. The third kappa shape index (κ3) is 7.56. The predicted octanol–water partition coefficient (Wildman–Crippen LogP) is 4.65. The Labute approximate surface area is 325 Å². The molecule has 16 heteroatoms. The number of halogens is 1. The highest BCUT2D eigenvalue weighted by Gasteiger charge is 2.62. The van der Waals surface area contributed by atoms with Crippen molar-refractivity contribution in [3.8, 4) is 22.2 Å². The standard InChI is InChI=1S/C38H46N6O7S2.ClH/c1-21-31(50-2)15-14-26-32(17-28(40-33(21)26)35-41-29(20-52-35)22-10-11-22)51-24-16-30-34(45)42-38(37(47)43-53(48,49)25-12-13-25)18-23(38)8-6-4-3-5-7-9-27(39)36(46)44(30)19-24;/h6,8,14-15,17,20,22-25,27,30H,3-5,7,9-13,16,18-19,39H2,1-2H3,(H,42,45)(H,43,47);1H/b8-6-;/t23?,24-,27?,30+,38-;/m1./s1. The first-order chi connectivity index (χ1) is 25.5. The van der Waals surface area contributed by atoms with E-state index >= 15 is 0 Å². The lowest BCUT2D eigenvalue weighted by Crippen LogP contribution is -2.57. The number of sulfonamides is 1. The first kappa shape index (κ1) is 38.5. The number of nitrogens with one attached hydrogen (secondary N) is 2. The van der Waals surface area contributed by atoms with Crippen molar-refractivity contribution in [2.75, 3.05) is 13.7 Å². The van der Waals surface area contributed by atoms with Crippen molar-refractivity contribution in [3.05, 3.63) is 47.0 Å². The molecule has 1 aromatic carbocycles. The molecule has 2 aromatic heterocycles. The van der Waals surface area contributed by atoms with E-state index in [-0.39, 0.29) is 43.6 Å². The number of carbonyl (C=O) groups is 3. The Morgan fingerprint density at radius 1 is 1.09 bits per heavy atom. The second kappa shape index (κ2) is 15.0. The number of nitrogens with zero attached hydrogens (tertiary/aromatic N) is 3. The van der Waals surface area contributed by atoms with E-state index in [9.17, 15) is 22.8 Å². The van der Waals surface area contributed by atoms with Gasteiger partial charge in [-0.2, -0.15) is 0 Å². The van der Waals surface area contributed by atoms with Gasteiger partial charge in [0.05, 0.1) is 36.2 Å². The van der Waals surface area contributed by atoms with Gasteiger partial charge in [0.25, 0.3) is 5.91 Å². The van der Waals surface area contributed by atoms with Crippen molar-refractivity contribution in [1.29, 1.82) is 0 Å². The molecule has 13 nitrogen and oxygen atoms in total. The van der Waals surface area contributed by atoms with Crippen LogP contribution in [0.3, 0.4) is 0 Å². The van der Waals surface area contributed by atoms with Crippen LogP contribution in [0.15, 0.2) is 35.7 Å². The Kier molecular flexibility index (Phi) is 10.7. The Morgan fingerprint density at radius 3 is 2.63 bits per heavy atom. The largest absolute Gasteiger partial charge is 0.496 e. The molecule has 4 N–H and O–H groups in total. The van der Waals surface area contributed by atoms with E-state index in [1.807, 2.05) is 37.3 Å². The Bertz CT molecular complexity index is 2100. The SMILES string of the molecule is COc1ccc2c(O[C@@H]3C[C@H]4C(=O)N[C@]5(C(=O)NS(=O)(=O)C6CC6)CC5/C=C\CCCCCC(N)C(=O)N4C3)cc(-c3nc(C4CC4)cs3)nc2c1C.Cl. The summed E-state index contributed by atoms with van der Waals surface area (Å²) in [5.74, 6) is -0.306. The zero-order valence-corrected chi connectivity index (χ0v) is 32.9. The molecule has 4 fully saturated rings. The molecule has 8 rings (SSSR count). The molecule has 5 atom stereocenters. The number of rotatable bonds is 8. The molecule has 3 aliphatic carbocycles. The van der Waals surface area contributed by atoms with Crippen molar-refractivity contribution in [2.45, 2.75) is 112 Å². The highest BCUT2D eigenvalue weighted by Crippen LogP contribution is 2.46. The number of pyridine rings is 1. The summed E-state index contributed by atoms with van der Waals surface area (Å²) < 4.78 is 40.2. The molecule has 5 aliphatic rings. The number of benzene rings is 1. The molecule has 4 heterocycles. The van der Waals surface area contributed by atoms with E-state index in [1.165, 1.54) is 16.2 Å². The van der Waals surface area contributed by atoms with Gasteiger partial charge < -0.3 is 25.4 Å². The molecule has 3 amide bonds. The summed E-state index contributed by atoms with van der Waals surface area (Å²) in [5, 5.41) is 5.94. The second-order valence-electron chi connectivity index (χ2n) is 15.2. The number of aryl methyl sites for hydroxylation is 1. The molecule has 3 saturated carbocycles. The summed E-state index contributed by atoms with van der Waals surface area (Å²) in [5.41, 5.74) is 8.30. The van der Waals surface area contributed by atoms with Gasteiger partial charge in [-0.3, -0.25) is 19.1 Å². The molecular formula is C38H47ClN6O7S2. The van der Waals surface area contributed by atoms with Crippen LogP contribution in [-0.4, -0.2) is 83.6 Å². The molecule has 0 radical (unpaired) electrons. The second-order valence-corrected chi connectivity index (χ2v) is 18.1. The lowest BCUT2D eigenvalue weighted by Gasteiger charge is -2.28. The van der Waals surface area contributed by atoms with Gasteiger partial charge in [0.2, 0.25) is 21.8 Å². The Hall–Kier alpha value is -3.79. The minimum Gasteiger partial charge on any atom is -0.496 e. The number of hydrogen-bond donors (Lipinski definition) is 3. The minimum atomic E-state index is -3.85. The van der Waals surface area contributed by atoms with Crippen molar-refractivity contribution in [2.24, 2.45) is 11.7 Å². The van der Waals surface area contributed by atoms with Gasteiger partial charge in [-0.25, -0.2) is 18.4 Å². The summed E-state index contributed by atoms with van der Waals surface area (Å²) >= 11 is 1.54. The van der Waals surface area contributed by atoms with Crippen LogP contribution in [-0.2, 0) is 24.4 Å². The zero-order valence-electron chi connectivity index (χ0n) is 30.4. The van der Waals surface area contributed by atoms with Crippen LogP contribution < -0.4 is 25.2 Å². The molecule has 1 saturated heterocycles. The quantitative estimate of drug-likeness (QED) is 0.271.